The van der Waals surface area contributed by atoms with E-state index in [2.05, 4.69) is 25.2 Å². The Morgan fingerprint density at radius 2 is 2.00 bits per heavy atom. The van der Waals surface area contributed by atoms with Crippen LogP contribution >= 0.6 is 0 Å². The molecule has 1 heterocycles. The molecular formula is C13H19N5O2S. The number of aromatic nitrogens is 3. The summed E-state index contributed by atoms with van der Waals surface area (Å²) in [7, 11) is -1.69. The van der Waals surface area contributed by atoms with Gasteiger partial charge in [0.05, 0.1) is 10.9 Å². The van der Waals surface area contributed by atoms with Crippen molar-refractivity contribution in [3.63, 3.8) is 0 Å². The Balaban J connectivity index is 2.08. The highest BCUT2D eigenvalue weighted by molar-refractivity contribution is 7.89. The first-order valence-corrected chi connectivity index (χ1v) is 8.12. The molecule has 1 unspecified atom stereocenters. The summed E-state index contributed by atoms with van der Waals surface area (Å²) in [4.78, 5) is 4.18. The number of nitrogens with zero attached hydrogens (tertiary/aromatic N) is 2. The van der Waals surface area contributed by atoms with Gasteiger partial charge in [0.2, 0.25) is 10.0 Å². The van der Waals surface area contributed by atoms with Crippen molar-refractivity contribution in [3.05, 3.63) is 42.0 Å². The molecule has 1 atom stereocenters. The molecule has 0 saturated heterocycles. The van der Waals surface area contributed by atoms with E-state index in [0.717, 1.165) is 18.5 Å². The standard InChI is InChI=1S/C13H19N5O2S/c1-10(13-15-9-16-17-13)18-21(19,20)12-5-3-11(4-6-12)7-8-14-2/h3-6,9-10,14,18H,7-8H2,1-2H3,(H,15,16,17). The maximum atomic E-state index is 12.3. The van der Waals surface area contributed by atoms with Crippen LogP contribution in [-0.2, 0) is 16.4 Å². The van der Waals surface area contributed by atoms with Crippen LogP contribution < -0.4 is 10.0 Å². The minimum absolute atomic E-state index is 0.238. The molecule has 0 amide bonds. The Kier molecular flexibility index (Phi) is 5.05. The fourth-order valence-corrected chi connectivity index (χ4v) is 3.09. The zero-order valence-corrected chi connectivity index (χ0v) is 12.8. The molecule has 0 spiro atoms. The first kappa shape index (κ1) is 15.6. The van der Waals surface area contributed by atoms with Crippen LogP contribution in [0.4, 0.5) is 0 Å². The molecule has 114 valence electrons. The molecule has 8 heteroatoms. The normalized spacial score (nSPS) is 13.2. The molecule has 0 radical (unpaired) electrons. The average Bonchev–Trinajstić information content (AvgIpc) is 2.99. The SMILES string of the molecule is CNCCc1ccc(S(=O)(=O)NC(C)c2ncn[nH]2)cc1. The summed E-state index contributed by atoms with van der Waals surface area (Å²) >= 11 is 0. The van der Waals surface area contributed by atoms with E-state index in [4.69, 9.17) is 0 Å². The fraction of sp³-hybridized carbons (Fsp3) is 0.385. The molecule has 0 fully saturated rings. The highest BCUT2D eigenvalue weighted by Crippen LogP contribution is 2.14. The van der Waals surface area contributed by atoms with Crippen molar-refractivity contribution in [2.75, 3.05) is 13.6 Å². The Morgan fingerprint density at radius 3 is 2.57 bits per heavy atom. The first-order chi connectivity index (χ1) is 10.0. The summed E-state index contributed by atoms with van der Waals surface area (Å²) in [5.41, 5.74) is 1.09. The summed E-state index contributed by atoms with van der Waals surface area (Å²) in [5, 5.41) is 9.41. The highest BCUT2D eigenvalue weighted by Gasteiger charge is 2.19. The Hall–Kier alpha value is -1.77. The Labute approximate surface area is 124 Å². The number of rotatable bonds is 7. The molecule has 0 saturated carbocycles. The van der Waals surface area contributed by atoms with Gasteiger partial charge in [-0.15, -0.1) is 0 Å². The lowest BCUT2D eigenvalue weighted by Crippen LogP contribution is -2.27. The largest absolute Gasteiger partial charge is 0.319 e. The van der Waals surface area contributed by atoms with E-state index < -0.39 is 16.1 Å². The molecule has 0 aliphatic carbocycles. The van der Waals surface area contributed by atoms with Crippen molar-refractivity contribution in [2.45, 2.75) is 24.3 Å². The molecule has 0 aliphatic heterocycles. The monoisotopic (exact) mass is 309 g/mol. The molecule has 1 aromatic carbocycles. The van der Waals surface area contributed by atoms with Gasteiger partial charge in [0, 0.05) is 0 Å². The van der Waals surface area contributed by atoms with Crippen LogP contribution in [0, 0.1) is 0 Å². The van der Waals surface area contributed by atoms with Gasteiger partial charge in [0.15, 0.2) is 0 Å². The van der Waals surface area contributed by atoms with Crippen LogP contribution in [-0.4, -0.2) is 37.2 Å². The van der Waals surface area contributed by atoms with Crippen LogP contribution in [0.15, 0.2) is 35.5 Å². The van der Waals surface area contributed by atoms with Gasteiger partial charge in [-0.2, -0.15) is 5.10 Å². The van der Waals surface area contributed by atoms with Crippen molar-refractivity contribution in [2.24, 2.45) is 0 Å². The number of hydrogen-bond donors (Lipinski definition) is 3. The second-order valence-electron chi connectivity index (χ2n) is 4.71. The molecule has 1 aromatic heterocycles. The van der Waals surface area contributed by atoms with Gasteiger partial charge >= 0.3 is 0 Å². The molecule has 2 aromatic rings. The first-order valence-electron chi connectivity index (χ1n) is 6.64. The van der Waals surface area contributed by atoms with Crippen molar-refractivity contribution >= 4 is 10.0 Å². The highest BCUT2D eigenvalue weighted by atomic mass is 32.2. The molecule has 2 rings (SSSR count). The number of benzene rings is 1. The lowest BCUT2D eigenvalue weighted by atomic mass is 10.1. The third kappa shape index (κ3) is 4.10. The van der Waals surface area contributed by atoms with Gasteiger partial charge < -0.3 is 5.32 Å². The lowest BCUT2D eigenvalue weighted by molar-refractivity contribution is 0.560. The number of sulfonamides is 1. The number of nitrogens with one attached hydrogen (secondary N) is 3. The average molecular weight is 309 g/mol. The fourth-order valence-electron chi connectivity index (χ4n) is 1.88. The van der Waals surface area contributed by atoms with Gasteiger partial charge in [0.1, 0.15) is 12.2 Å². The summed E-state index contributed by atoms with van der Waals surface area (Å²) in [6.45, 7) is 2.56. The molecule has 21 heavy (non-hydrogen) atoms. The van der Waals surface area contributed by atoms with Gasteiger partial charge in [-0.25, -0.2) is 18.1 Å². The lowest BCUT2D eigenvalue weighted by Gasteiger charge is -2.12. The number of H-pyrrole nitrogens is 1. The molecule has 0 bridgehead atoms. The van der Waals surface area contributed by atoms with Gasteiger partial charge in [0.25, 0.3) is 0 Å². The van der Waals surface area contributed by atoms with E-state index in [0.29, 0.717) is 5.82 Å². The molecule has 3 N–H and O–H groups in total. The molecule has 7 nitrogen and oxygen atoms in total. The summed E-state index contributed by atoms with van der Waals surface area (Å²) in [5.74, 6) is 0.476. The van der Waals surface area contributed by atoms with E-state index in [9.17, 15) is 8.42 Å². The van der Waals surface area contributed by atoms with Crippen LogP contribution in [0.25, 0.3) is 0 Å². The summed E-state index contributed by atoms with van der Waals surface area (Å²) < 4.78 is 27.1. The zero-order valence-electron chi connectivity index (χ0n) is 12.0. The predicted octanol–water partition coefficient (Wildman–Crippen LogP) is 0.606. The van der Waals surface area contributed by atoms with Crippen LogP contribution in [0.3, 0.4) is 0 Å². The third-order valence-corrected chi connectivity index (χ3v) is 4.63. The second-order valence-corrected chi connectivity index (χ2v) is 6.43. The molecule has 0 aliphatic rings. The van der Waals surface area contributed by atoms with Crippen LogP contribution in [0.5, 0.6) is 0 Å². The van der Waals surface area contributed by atoms with E-state index in [-0.39, 0.29) is 4.90 Å². The zero-order chi connectivity index (χ0) is 15.3. The van der Waals surface area contributed by atoms with Gasteiger partial charge in [-0.3, -0.25) is 5.10 Å². The van der Waals surface area contributed by atoms with E-state index in [1.54, 1.807) is 19.1 Å². The van der Waals surface area contributed by atoms with Crippen molar-refractivity contribution in [1.29, 1.82) is 0 Å². The molecular weight excluding hydrogens is 290 g/mol. The van der Waals surface area contributed by atoms with Crippen molar-refractivity contribution < 1.29 is 8.42 Å². The van der Waals surface area contributed by atoms with Crippen molar-refractivity contribution in [1.82, 2.24) is 25.2 Å². The number of likely N-dealkylation sites (N-methyl/N-ethyl adjacent to an activating group) is 1. The number of aromatic amines is 1. The van der Waals surface area contributed by atoms with Crippen LogP contribution in [0.2, 0.25) is 0 Å². The Morgan fingerprint density at radius 1 is 1.29 bits per heavy atom. The second kappa shape index (κ2) is 6.79. The topological polar surface area (TPSA) is 99.8 Å². The van der Waals surface area contributed by atoms with E-state index in [1.807, 2.05) is 19.2 Å². The van der Waals surface area contributed by atoms with Gasteiger partial charge in [-0.05, 0) is 44.6 Å². The van der Waals surface area contributed by atoms with Crippen molar-refractivity contribution in [3.8, 4) is 0 Å². The maximum Gasteiger partial charge on any atom is 0.241 e. The van der Waals surface area contributed by atoms with Crippen LogP contribution in [0.1, 0.15) is 24.4 Å². The summed E-state index contributed by atoms with van der Waals surface area (Å²) in [6, 6.07) is 6.40. The maximum absolute atomic E-state index is 12.3. The van der Waals surface area contributed by atoms with E-state index in [1.165, 1.54) is 6.33 Å². The third-order valence-electron chi connectivity index (χ3n) is 3.07. The summed E-state index contributed by atoms with van der Waals surface area (Å²) in [6.07, 6.45) is 2.20. The quantitative estimate of drug-likeness (QED) is 0.696. The van der Waals surface area contributed by atoms with Gasteiger partial charge in [-0.1, -0.05) is 12.1 Å². The van der Waals surface area contributed by atoms with E-state index >= 15 is 0 Å². The predicted molar refractivity (Wildman–Crippen MR) is 79.2 cm³/mol. The minimum atomic E-state index is -3.58. The smallest absolute Gasteiger partial charge is 0.241 e. The number of hydrogen-bond acceptors (Lipinski definition) is 5. The Bertz CT molecular complexity index is 652. The minimum Gasteiger partial charge on any atom is -0.319 e.